The zero-order valence-electron chi connectivity index (χ0n) is 13.6. The minimum Gasteiger partial charge on any atom is -0.356 e. The zero-order chi connectivity index (χ0) is 16.3. The van der Waals surface area contributed by atoms with Gasteiger partial charge in [0, 0.05) is 37.2 Å². The van der Waals surface area contributed by atoms with Gasteiger partial charge in [-0.2, -0.15) is 4.98 Å². The fraction of sp³-hybridized carbons (Fsp3) is 0.438. The van der Waals surface area contributed by atoms with Crippen molar-refractivity contribution in [1.29, 1.82) is 0 Å². The van der Waals surface area contributed by atoms with Crippen molar-refractivity contribution in [2.24, 2.45) is 4.99 Å². The molecule has 124 valence electrons. The first-order chi connectivity index (χ1) is 11.3. The van der Waals surface area contributed by atoms with Crippen molar-refractivity contribution < 1.29 is 4.52 Å². The van der Waals surface area contributed by atoms with Crippen LogP contribution in [0.3, 0.4) is 0 Å². The Hall–Kier alpha value is -2.02. The molecule has 1 aromatic carbocycles. The minimum absolute atomic E-state index is 0.682. The summed E-state index contributed by atoms with van der Waals surface area (Å²) in [6.07, 6.45) is 1.69. The lowest BCUT2D eigenvalue weighted by atomic mass is 10.3. The van der Waals surface area contributed by atoms with E-state index in [-0.39, 0.29) is 0 Å². The van der Waals surface area contributed by atoms with Crippen LogP contribution in [0.2, 0.25) is 0 Å². The quantitative estimate of drug-likeness (QED) is 0.334. The number of thioether (sulfide) groups is 1. The van der Waals surface area contributed by atoms with Gasteiger partial charge in [0.15, 0.2) is 11.8 Å². The number of nitrogens with zero attached hydrogens (tertiary/aromatic N) is 3. The maximum Gasteiger partial charge on any atom is 0.226 e. The highest BCUT2D eigenvalue weighted by molar-refractivity contribution is 7.99. The lowest BCUT2D eigenvalue weighted by Crippen LogP contribution is -2.38. The molecule has 7 heteroatoms. The van der Waals surface area contributed by atoms with Crippen molar-refractivity contribution in [3.63, 3.8) is 0 Å². The Morgan fingerprint density at radius 3 is 2.70 bits per heavy atom. The number of aryl methyl sites for hydroxylation is 2. The van der Waals surface area contributed by atoms with Crippen LogP contribution in [-0.4, -0.2) is 42.0 Å². The normalized spacial score (nSPS) is 11.5. The van der Waals surface area contributed by atoms with Crippen molar-refractivity contribution >= 4 is 17.7 Å². The van der Waals surface area contributed by atoms with E-state index in [9.17, 15) is 0 Å². The van der Waals surface area contributed by atoms with Crippen LogP contribution in [0, 0.1) is 6.92 Å². The average molecular weight is 333 g/mol. The Balaban J connectivity index is 1.56. The summed E-state index contributed by atoms with van der Waals surface area (Å²) in [6, 6.07) is 10.4. The molecule has 2 rings (SSSR count). The van der Waals surface area contributed by atoms with Crippen LogP contribution >= 0.6 is 11.8 Å². The smallest absolute Gasteiger partial charge is 0.226 e. The number of hydrogen-bond donors (Lipinski definition) is 2. The molecule has 0 fully saturated rings. The molecular formula is C16H23N5OS. The SMILES string of the molecule is CN=C(NCCCc1nc(C)no1)NCCSc1ccccc1. The van der Waals surface area contributed by atoms with Gasteiger partial charge in [-0.3, -0.25) is 4.99 Å². The van der Waals surface area contributed by atoms with E-state index >= 15 is 0 Å². The van der Waals surface area contributed by atoms with Gasteiger partial charge in [-0.25, -0.2) is 0 Å². The van der Waals surface area contributed by atoms with Crippen molar-refractivity contribution in [3.8, 4) is 0 Å². The van der Waals surface area contributed by atoms with Gasteiger partial charge in [0.25, 0.3) is 0 Å². The summed E-state index contributed by atoms with van der Waals surface area (Å²) in [4.78, 5) is 9.68. The van der Waals surface area contributed by atoms with Crippen molar-refractivity contribution in [3.05, 3.63) is 42.0 Å². The van der Waals surface area contributed by atoms with Gasteiger partial charge in [-0.1, -0.05) is 23.4 Å². The zero-order valence-corrected chi connectivity index (χ0v) is 14.4. The molecule has 0 aliphatic rings. The Morgan fingerprint density at radius 2 is 2.00 bits per heavy atom. The maximum atomic E-state index is 5.08. The molecule has 0 amide bonds. The number of guanidine groups is 1. The topological polar surface area (TPSA) is 75.3 Å². The molecule has 0 spiro atoms. The predicted octanol–water partition coefficient (Wildman–Crippen LogP) is 2.27. The molecule has 0 aliphatic heterocycles. The molecule has 0 radical (unpaired) electrons. The first-order valence-corrected chi connectivity index (χ1v) is 8.68. The first kappa shape index (κ1) is 17.3. The van der Waals surface area contributed by atoms with E-state index in [0.29, 0.717) is 11.7 Å². The van der Waals surface area contributed by atoms with Crippen LogP contribution in [-0.2, 0) is 6.42 Å². The number of aromatic nitrogens is 2. The van der Waals surface area contributed by atoms with Crippen LogP contribution in [0.4, 0.5) is 0 Å². The van der Waals surface area contributed by atoms with Gasteiger partial charge in [-0.05, 0) is 25.5 Å². The van der Waals surface area contributed by atoms with Crippen LogP contribution in [0.1, 0.15) is 18.1 Å². The monoisotopic (exact) mass is 333 g/mol. The Kier molecular flexibility index (Phi) is 7.45. The third-order valence-electron chi connectivity index (χ3n) is 3.06. The molecule has 1 heterocycles. The molecule has 0 atom stereocenters. The van der Waals surface area contributed by atoms with Crippen molar-refractivity contribution in [2.45, 2.75) is 24.7 Å². The van der Waals surface area contributed by atoms with Crippen LogP contribution in [0.5, 0.6) is 0 Å². The summed E-state index contributed by atoms with van der Waals surface area (Å²) in [5.41, 5.74) is 0. The minimum atomic E-state index is 0.682. The van der Waals surface area contributed by atoms with Gasteiger partial charge < -0.3 is 15.2 Å². The van der Waals surface area contributed by atoms with Gasteiger partial charge in [0.2, 0.25) is 5.89 Å². The molecule has 0 saturated heterocycles. The highest BCUT2D eigenvalue weighted by atomic mass is 32.2. The summed E-state index contributed by atoms with van der Waals surface area (Å²) in [5.74, 6) is 3.18. The van der Waals surface area contributed by atoms with Gasteiger partial charge in [0.1, 0.15) is 0 Å². The van der Waals surface area contributed by atoms with Gasteiger partial charge in [0.05, 0.1) is 0 Å². The van der Waals surface area contributed by atoms with Crippen LogP contribution < -0.4 is 10.6 Å². The van der Waals surface area contributed by atoms with E-state index in [1.54, 1.807) is 7.05 Å². The second-order valence-electron chi connectivity index (χ2n) is 4.93. The van der Waals surface area contributed by atoms with Crippen molar-refractivity contribution in [1.82, 2.24) is 20.8 Å². The summed E-state index contributed by atoms with van der Waals surface area (Å²) in [5, 5.41) is 10.4. The molecule has 6 nitrogen and oxygen atoms in total. The lowest BCUT2D eigenvalue weighted by molar-refractivity contribution is 0.372. The number of rotatable bonds is 8. The lowest BCUT2D eigenvalue weighted by Gasteiger charge is -2.11. The van der Waals surface area contributed by atoms with Gasteiger partial charge in [-0.15, -0.1) is 11.8 Å². The molecule has 2 N–H and O–H groups in total. The molecule has 2 aromatic rings. The molecule has 23 heavy (non-hydrogen) atoms. The third kappa shape index (κ3) is 6.73. The summed E-state index contributed by atoms with van der Waals surface area (Å²) in [7, 11) is 1.78. The fourth-order valence-electron chi connectivity index (χ4n) is 1.96. The number of nitrogens with one attached hydrogen (secondary N) is 2. The summed E-state index contributed by atoms with van der Waals surface area (Å²) in [6.45, 7) is 3.50. The van der Waals surface area contributed by atoms with E-state index in [0.717, 1.165) is 37.6 Å². The van der Waals surface area contributed by atoms with E-state index in [1.165, 1.54) is 4.90 Å². The van der Waals surface area contributed by atoms with Gasteiger partial charge >= 0.3 is 0 Å². The van der Waals surface area contributed by atoms with E-state index < -0.39 is 0 Å². The molecule has 0 unspecified atom stereocenters. The molecule has 1 aromatic heterocycles. The van der Waals surface area contributed by atoms with E-state index in [1.807, 2.05) is 24.8 Å². The third-order valence-corrected chi connectivity index (χ3v) is 4.07. The summed E-state index contributed by atoms with van der Waals surface area (Å²) < 4.78 is 5.08. The molecular weight excluding hydrogens is 310 g/mol. The maximum absolute atomic E-state index is 5.08. The number of hydrogen-bond acceptors (Lipinski definition) is 5. The standard InChI is InChI=1S/C16H23N5OS/c1-13-20-15(22-21-13)9-6-10-18-16(17-2)19-11-12-23-14-7-4-3-5-8-14/h3-5,7-8H,6,9-12H2,1-2H3,(H2,17,18,19). The fourth-order valence-corrected chi connectivity index (χ4v) is 2.75. The van der Waals surface area contributed by atoms with E-state index in [2.05, 4.69) is 50.0 Å². The largest absolute Gasteiger partial charge is 0.356 e. The molecule has 0 saturated carbocycles. The Morgan fingerprint density at radius 1 is 1.22 bits per heavy atom. The predicted molar refractivity (Wildman–Crippen MR) is 93.9 cm³/mol. The highest BCUT2D eigenvalue weighted by Gasteiger charge is 2.02. The van der Waals surface area contributed by atoms with E-state index in [4.69, 9.17) is 4.52 Å². The first-order valence-electron chi connectivity index (χ1n) is 7.69. The van der Waals surface area contributed by atoms with Crippen molar-refractivity contribution in [2.75, 3.05) is 25.9 Å². The van der Waals surface area contributed by atoms with Crippen LogP contribution in [0.25, 0.3) is 0 Å². The second-order valence-corrected chi connectivity index (χ2v) is 6.09. The van der Waals surface area contributed by atoms with Crippen LogP contribution in [0.15, 0.2) is 44.7 Å². The second kappa shape index (κ2) is 9.89. The Labute approximate surface area is 141 Å². The molecule has 0 bridgehead atoms. The number of aliphatic imine (C=N–C) groups is 1. The highest BCUT2D eigenvalue weighted by Crippen LogP contribution is 2.15. The molecule has 0 aliphatic carbocycles. The average Bonchev–Trinajstić information content (AvgIpc) is 2.99. The Bertz CT molecular complexity index is 600. The summed E-state index contributed by atoms with van der Waals surface area (Å²) >= 11 is 1.83. The number of benzene rings is 1.